The van der Waals surface area contributed by atoms with Gasteiger partial charge in [-0.15, -0.1) is 0 Å². The van der Waals surface area contributed by atoms with Crippen LogP contribution >= 0.6 is 0 Å². The third-order valence-corrected chi connectivity index (χ3v) is 2.56. The first-order chi connectivity index (χ1) is 12.2. The highest BCUT2D eigenvalue weighted by atomic mass is 19.4. The average Bonchev–Trinajstić information content (AvgIpc) is 2.48. The molecule has 0 amide bonds. The summed E-state index contributed by atoms with van der Waals surface area (Å²) in [7, 11) is 0. The number of rotatable bonds is 6. The number of hydrogen-bond acceptors (Lipinski definition) is 3. The molecule has 0 unspecified atom stereocenters. The first-order valence-corrected chi connectivity index (χ1v) is 6.77. The number of carbonyl (C=O) groups excluding carboxylic acids is 1. The van der Waals surface area contributed by atoms with Crippen molar-refractivity contribution in [3.63, 3.8) is 0 Å². The van der Waals surface area contributed by atoms with Crippen LogP contribution in [0.3, 0.4) is 0 Å². The summed E-state index contributed by atoms with van der Waals surface area (Å²) in [6, 6.07) is 0. The molecule has 0 spiro atoms. The Hall–Kier alpha value is -2.28. The minimum Gasteiger partial charge on any atom is -0.478 e. The van der Waals surface area contributed by atoms with Gasteiger partial charge in [0.1, 0.15) is 0 Å². The highest BCUT2D eigenvalue weighted by Crippen LogP contribution is 2.38. The zero-order chi connectivity index (χ0) is 23.1. The first-order valence-electron chi connectivity index (χ1n) is 6.77. The van der Waals surface area contributed by atoms with Crippen LogP contribution in [0.15, 0.2) is 23.8 Å². The van der Waals surface area contributed by atoms with E-state index >= 15 is 0 Å². The van der Waals surface area contributed by atoms with Gasteiger partial charge in [0.25, 0.3) is 0 Å². The molecule has 164 valence electrons. The van der Waals surface area contributed by atoms with E-state index in [0.29, 0.717) is 6.08 Å². The normalized spacial score (nSPS) is 13.4. The van der Waals surface area contributed by atoms with E-state index in [4.69, 9.17) is 5.11 Å². The topological polar surface area (TPSA) is 63.6 Å². The Morgan fingerprint density at radius 2 is 1.29 bits per heavy atom. The molecule has 28 heavy (non-hydrogen) atoms. The summed E-state index contributed by atoms with van der Waals surface area (Å²) in [5, 5.41) is 8.19. The molecular formula is C14H14F10O4. The van der Waals surface area contributed by atoms with Crippen molar-refractivity contribution in [1.29, 1.82) is 0 Å². The largest absolute Gasteiger partial charge is 0.478 e. The number of aliphatic carboxylic acids is 1. The molecule has 0 atom stereocenters. The Kier molecular flexibility index (Phi) is 9.75. The van der Waals surface area contributed by atoms with Gasteiger partial charge >= 0.3 is 36.1 Å². The number of hydrogen-bond donors (Lipinski definition) is 1. The highest BCUT2D eigenvalue weighted by Gasteiger charge is 2.58. The summed E-state index contributed by atoms with van der Waals surface area (Å²) in [5.74, 6) is -12.7. The lowest BCUT2D eigenvalue weighted by molar-refractivity contribution is -0.293. The van der Waals surface area contributed by atoms with Gasteiger partial charge in [0, 0.05) is 17.6 Å². The van der Waals surface area contributed by atoms with E-state index in [1.54, 1.807) is 0 Å². The van der Waals surface area contributed by atoms with Crippen LogP contribution in [-0.2, 0) is 14.3 Å². The number of alkyl halides is 10. The van der Waals surface area contributed by atoms with Gasteiger partial charge in [-0.1, -0.05) is 12.7 Å². The second kappa shape index (κ2) is 9.78. The van der Waals surface area contributed by atoms with Crippen LogP contribution in [0.5, 0.6) is 0 Å². The van der Waals surface area contributed by atoms with Crippen LogP contribution in [0.1, 0.15) is 20.3 Å². The van der Waals surface area contributed by atoms with Crippen molar-refractivity contribution in [2.45, 2.75) is 44.5 Å². The summed E-state index contributed by atoms with van der Waals surface area (Å²) in [4.78, 5) is 20.6. The maximum atomic E-state index is 12.2. The van der Waals surface area contributed by atoms with Crippen molar-refractivity contribution in [1.82, 2.24) is 0 Å². The van der Waals surface area contributed by atoms with E-state index in [2.05, 4.69) is 11.3 Å². The molecule has 14 heteroatoms. The van der Waals surface area contributed by atoms with E-state index in [1.807, 2.05) is 0 Å². The zero-order valence-electron chi connectivity index (χ0n) is 14.2. The van der Waals surface area contributed by atoms with Gasteiger partial charge in [0.2, 0.25) is 0 Å². The van der Waals surface area contributed by atoms with Gasteiger partial charge in [-0.3, -0.25) is 0 Å². The highest BCUT2D eigenvalue weighted by molar-refractivity contribution is 5.87. The zero-order valence-corrected chi connectivity index (χ0v) is 14.2. The molecule has 0 saturated carbocycles. The molecule has 0 fully saturated rings. The Morgan fingerprint density at radius 1 is 0.893 bits per heavy atom. The third-order valence-electron chi connectivity index (χ3n) is 2.56. The van der Waals surface area contributed by atoms with Crippen molar-refractivity contribution >= 4 is 11.9 Å². The van der Waals surface area contributed by atoms with Crippen LogP contribution < -0.4 is 0 Å². The van der Waals surface area contributed by atoms with E-state index in [9.17, 15) is 53.5 Å². The third kappa shape index (κ3) is 9.60. The van der Waals surface area contributed by atoms with Crippen LogP contribution in [0.25, 0.3) is 0 Å². The lowest BCUT2D eigenvalue weighted by Gasteiger charge is -2.18. The van der Waals surface area contributed by atoms with Crippen molar-refractivity contribution in [3.05, 3.63) is 23.8 Å². The van der Waals surface area contributed by atoms with Crippen LogP contribution in [0.4, 0.5) is 43.9 Å². The molecule has 0 radical (unpaired) electrons. The maximum Gasteiger partial charge on any atom is 0.456 e. The lowest BCUT2D eigenvalue weighted by Crippen LogP contribution is -2.41. The molecule has 0 aromatic carbocycles. The molecule has 0 aliphatic heterocycles. The standard InChI is InChI=1S/2C7H7F5O2/c1-4(2)5(13)14-3-6(8,9)7(10,11)12;1-4(5(13)14)2-3-6(8,9)7(10,11)12/h1,3H2,2H3;2H,3H2,1H3,(H,13,14). The fourth-order valence-corrected chi connectivity index (χ4v) is 0.846. The first kappa shape index (κ1) is 27.9. The summed E-state index contributed by atoms with van der Waals surface area (Å²) in [6.45, 7) is 3.06. The van der Waals surface area contributed by atoms with Crippen LogP contribution in [-0.4, -0.2) is 47.8 Å². The minimum absolute atomic E-state index is 0.247. The predicted octanol–water partition coefficient (Wildman–Crippen LogP) is 4.91. The van der Waals surface area contributed by atoms with Crippen LogP contribution in [0, 0.1) is 0 Å². The number of ether oxygens (including phenoxy) is 1. The van der Waals surface area contributed by atoms with E-state index < -0.39 is 54.7 Å². The predicted molar refractivity (Wildman–Crippen MR) is 73.8 cm³/mol. The molecule has 0 aromatic heterocycles. The molecule has 0 aliphatic rings. The van der Waals surface area contributed by atoms with E-state index in [-0.39, 0.29) is 5.57 Å². The minimum atomic E-state index is -5.72. The second-order valence-corrected chi connectivity index (χ2v) is 5.16. The van der Waals surface area contributed by atoms with E-state index in [1.165, 1.54) is 0 Å². The monoisotopic (exact) mass is 436 g/mol. The SMILES string of the molecule is C=C(C)C(=O)OCC(F)(F)C(F)(F)F.CC(=CCC(F)(F)C(F)(F)F)C(=O)O. The maximum absolute atomic E-state index is 12.2. The molecule has 1 N–H and O–H groups in total. The molecule has 0 aliphatic carbocycles. The molecule has 0 saturated heterocycles. The number of allylic oxidation sites excluding steroid dienone is 1. The van der Waals surface area contributed by atoms with Gasteiger partial charge in [-0.05, 0) is 13.8 Å². The van der Waals surface area contributed by atoms with Crippen molar-refractivity contribution in [2.24, 2.45) is 0 Å². The Balaban J connectivity index is 0. The van der Waals surface area contributed by atoms with Crippen molar-refractivity contribution in [2.75, 3.05) is 6.61 Å². The van der Waals surface area contributed by atoms with Crippen molar-refractivity contribution < 1.29 is 63.3 Å². The summed E-state index contributed by atoms with van der Waals surface area (Å²) in [5.41, 5.74) is -0.795. The average molecular weight is 436 g/mol. The lowest BCUT2D eigenvalue weighted by atomic mass is 10.1. The number of esters is 1. The Morgan fingerprint density at radius 3 is 1.57 bits per heavy atom. The number of carboxylic acid groups (broad SMARTS) is 1. The quantitative estimate of drug-likeness (QED) is 0.365. The van der Waals surface area contributed by atoms with Crippen molar-refractivity contribution in [3.8, 4) is 0 Å². The van der Waals surface area contributed by atoms with Gasteiger partial charge in [0.05, 0.1) is 0 Å². The van der Waals surface area contributed by atoms with Gasteiger partial charge in [0.15, 0.2) is 6.61 Å². The smallest absolute Gasteiger partial charge is 0.456 e. The summed E-state index contributed by atoms with van der Waals surface area (Å²) in [6.07, 6.45) is -12.7. The van der Waals surface area contributed by atoms with E-state index in [0.717, 1.165) is 13.8 Å². The second-order valence-electron chi connectivity index (χ2n) is 5.16. The Bertz CT molecular complexity index is 602. The number of carbonyl (C=O) groups is 2. The fraction of sp³-hybridized carbons (Fsp3) is 0.571. The molecule has 4 nitrogen and oxygen atoms in total. The fourth-order valence-electron chi connectivity index (χ4n) is 0.846. The van der Waals surface area contributed by atoms with Gasteiger partial charge < -0.3 is 9.84 Å². The number of halogens is 10. The molecule has 0 heterocycles. The van der Waals surface area contributed by atoms with Crippen LogP contribution in [0.2, 0.25) is 0 Å². The molecular weight excluding hydrogens is 422 g/mol. The molecule has 0 bridgehead atoms. The van der Waals surface area contributed by atoms with Gasteiger partial charge in [-0.25, -0.2) is 9.59 Å². The molecule has 0 rings (SSSR count). The molecule has 0 aromatic rings. The number of carboxylic acids is 1. The van der Waals surface area contributed by atoms with Gasteiger partial charge in [-0.2, -0.15) is 43.9 Å². The summed E-state index contributed by atoms with van der Waals surface area (Å²) < 4.78 is 122. The Labute approximate surface area is 151 Å². The summed E-state index contributed by atoms with van der Waals surface area (Å²) >= 11 is 0.